The molecule has 11 aromatic rings. The van der Waals surface area contributed by atoms with Crippen LogP contribution in [-0.4, -0.2) is 0 Å². The molecular weight excluding hydrogens is 701 g/mol. The fourth-order valence-corrected chi connectivity index (χ4v) is 10.2. The van der Waals surface area contributed by atoms with E-state index < -0.39 is 0 Å². The Hall–Kier alpha value is -7.22. The summed E-state index contributed by atoms with van der Waals surface area (Å²) in [6.07, 6.45) is 0. The highest BCUT2D eigenvalue weighted by Gasteiger charge is 2.38. The molecule has 1 heteroatoms. The summed E-state index contributed by atoms with van der Waals surface area (Å²) < 4.78 is 6.12. The first-order valence-corrected chi connectivity index (χ1v) is 20.3. The lowest BCUT2D eigenvalue weighted by molar-refractivity contribution is 0.662. The van der Waals surface area contributed by atoms with E-state index in [4.69, 9.17) is 4.42 Å². The molecular formula is C57H38O. The van der Waals surface area contributed by atoms with Gasteiger partial charge in [-0.15, -0.1) is 0 Å². The second-order valence-electron chi connectivity index (χ2n) is 16.4. The van der Waals surface area contributed by atoms with Gasteiger partial charge in [0.15, 0.2) is 0 Å². The average molecular weight is 739 g/mol. The van der Waals surface area contributed by atoms with Crippen molar-refractivity contribution in [3.8, 4) is 55.6 Å². The molecule has 0 aliphatic heterocycles. The van der Waals surface area contributed by atoms with Gasteiger partial charge in [0.1, 0.15) is 11.2 Å². The molecule has 58 heavy (non-hydrogen) atoms. The van der Waals surface area contributed by atoms with E-state index in [1.165, 1.54) is 99.1 Å². The van der Waals surface area contributed by atoms with E-state index in [1.54, 1.807) is 0 Å². The molecule has 272 valence electrons. The van der Waals surface area contributed by atoms with Crippen LogP contribution in [0, 0.1) is 0 Å². The summed E-state index contributed by atoms with van der Waals surface area (Å²) in [4.78, 5) is 0. The fraction of sp³-hybridized carbons (Fsp3) is 0.0526. The summed E-state index contributed by atoms with van der Waals surface area (Å²) >= 11 is 0. The quantitative estimate of drug-likeness (QED) is 0.164. The fourth-order valence-electron chi connectivity index (χ4n) is 10.2. The number of para-hydroxylation sites is 1. The van der Waals surface area contributed by atoms with Gasteiger partial charge < -0.3 is 4.42 Å². The molecule has 0 atom stereocenters. The van der Waals surface area contributed by atoms with E-state index in [-0.39, 0.29) is 5.41 Å². The van der Waals surface area contributed by atoms with Crippen molar-refractivity contribution in [2.24, 2.45) is 0 Å². The first kappa shape index (κ1) is 33.0. The van der Waals surface area contributed by atoms with Gasteiger partial charge in [0.2, 0.25) is 0 Å². The largest absolute Gasteiger partial charge is 0.456 e. The highest BCUT2D eigenvalue weighted by atomic mass is 16.3. The van der Waals surface area contributed by atoms with Crippen molar-refractivity contribution in [1.82, 2.24) is 0 Å². The summed E-state index contributed by atoms with van der Waals surface area (Å²) in [6, 6.07) is 71.4. The normalized spacial score (nSPS) is 13.1. The van der Waals surface area contributed by atoms with Gasteiger partial charge in [0.25, 0.3) is 0 Å². The third-order valence-electron chi connectivity index (χ3n) is 12.9. The molecule has 1 aliphatic rings. The standard InChI is InChI=1S/C57H38O/c1-57(2)50-32-30-36-12-3-4-13-41(36)55(50)48-20-11-19-42(56(48)57)37-24-28-39(29-25-37)54-46-17-7-5-15-44(46)53(45-16-6-8-18-47(45)54)38-26-22-35(23-27-38)40-31-33-52-49(34-40)43-14-9-10-21-51(43)58-52/h3-34H,1-2H3. The molecule has 1 heterocycles. The molecule has 1 nitrogen and oxygen atoms in total. The van der Waals surface area contributed by atoms with Gasteiger partial charge in [-0.3, -0.25) is 0 Å². The number of hydrogen-bond acceptors (Lipinski definition) is 1. The van der Waals surface area contributed by atoms with Crippen LogP contribution in [0.3, 0.4) is 0 Å². The van der Waals surface area contributed by atoms with Crippen LogP contribution < -0.4 is 0 Å². The lowest BCUT2D eigenvalue weighted by atomic mass is 9.78. The third-order valence-corrected chi connectivity index (χ3v) is 12.9. The van der Waals surface area contributed by atoms with E-state index in [1.807, 2.05) is 12.1 Å². The lowest BCUT2D eigenvalue weighted by Crippen LogP contribution is -2.16. The minimum absolute atomic E-state index is 0.118. The predicted octanol–water partition coefficient (Wildman–Crippen LogP) is 16.0. The average Bonchev–Trinajstić information content (AvgIpc) is 3.77. The van der Waals surface area contributed by atoms with Crippen LogP contribution in [0.5, 0.6) is 0 Å². The third kappa shape index (κ3) is 4.77. The Bertz CT molecular complexity index is 3390. The summed E-state index contributed by atoms with van der Waals surface area (Å²) in [5.74, 6) is 0. The molecule has 1 aromatic heterocycles. The number of benzene rings is 10. The van der Waals surface area contributed by atoms with Gasteiger partial charge in [-0.05, 0) is 117 Å². The van der Waals surface area contributed by atoms with Crippen molar-refractivity contribution >= 4 is 54.3 Å². The smallest absolute Gasteiger partial charge is 0.135 e. The lowest BCUT2D eigenvalue weighted by Gasteiger charge is -2.25. The van der Waals surface area contributed by atoms with E-state index in [2.05, 4.69) is 196 Å². The Morgan fingerprint density at radius 2 is 0.828 bits per heavy atom. The van der Waals surface area contributed by atoms with E-state index in [0.717, 1.165) is 21.9 Å². The predicted molar refractivity (Wildman–Crippen MR) is 246 cm³/mol. The Morgan fingerprint density at radius 1 is 0.328 bits per heavy atom. The summed E-state index contributed by atoms with van der Waals surface area (Å²) in [7, 11) is 0. The maximum absolute atomic E-state index is 6.12. The van der Waals surface area contributed by atoms with Crippen LogP contribution in [-0.2, 0) is 5.41 Å². The molecule has 10 aromatic carbocycles. The Labute approximate surface area is 337 Å². The van der Waals surface area contributed by atoms with Gasteiger partial charge in [-0.25, -0.2) is 0 Å². The van der Waals surface area contributed by atoms with Crippen LogP contribution in [0.2, 0.25) is 0 Å². The monoisotopic (exact) mass is 738 g/mol. The highest BCUT2D eigenvalue weighted by Crippen LogP contribution is 2.54. The minimum Gasteiger partial charge on any atom is -0.456 e. The highest BCUT2D eigenvalue weighted by molar-refractivity contribution is 6.21. The zero-order valence-corrected chi connectivity index (χ0v) is 32.4. The number of rotatable bonds is 4. The summed E-state index contributed by atoms with van der Waals surface area (Å²) in [5.41, 5.74) is 17.2. The van der Waals surface area contributed by atoms with Crippen molar-refractivity contribution in [1.29, 1.82) is 0 Å². The van der Waals surface area contributed by atoms with Gasteiger partial charge in [-0.1, -0.05) is 190 Å². The maximum Gasteiger partial charge on any atom is 0.135 e. The van der Waals surface area contributed by atoms with E-state index in [9.17, 15) is 0 Å². The zero-order chi connectivity index (χ0) is 38.5. The molecule has 0 amide bonds. The van der Waals surface area contributed by atoms with E-state index >= 15 is 0 Å². The number of fused-ring (bicyclic) bond motifs is 10. The van der Waals surface area contributed by atoms with Crippen molar-refractivity contribution in [2.45, 2.75) is 19.3 Å². The summed E-state index contributed by atoms with van der Waals surface area (Å²) in [6.45, 7) is 4.78. The maximum atomic E-state index is 6.12. The molecule has 12 rings (SSSR count). The van der Waals surface area contributed by atoms with Crippen molar-refractivity contribution in [3.05, 3.63) is 205 Å². The van der Waals surface area contributed by atoms with Gasteiger partial charge in [0, 0.05) is 16.2 Å². The van der Waals surface area contributed by atoms with Crippen molar-refractivity contribution < 1.29 is 4.42 Å². The molecule has 0 saturated heterocycles. The zero-order valence-electron chi connectivity index (χ0n) is 32.4. The van der Waals surface area contributed by atoms with Gasteiger partial charge in [-0.2, -0.15) is 0 Å². The van der Waals surface area contributed by atoms with Crippen LogP contribution in [0.4, 0.5) is 0 Å². The second-order valence-corrected chi connectivity index (χ2v) is 16.4. The Balaban J connectivity index is 0.962. The van der Waals surface area contributed by atoms with Crippen LogP contribution in [0.15, 0.2) is 199 Å². The van der Waals surface area contributed by atoms with E-state index in [0.29, 0.717) is 0 Å². The molecule has 0 saturated carbocycles. The van der Waals surface area contributed by atoms with Crippen LogP contribution >= 0.6 is 0 Å². The molecule has 1 aliphatic carbocycles. The van der Waals surface area contributed by atoms with Crippen LogP contribution in [0.1, 0.15) is 25.0 Å². The molecule has 0 N–H and O–H groups in total. The number of furan rings is 1. The molecule has 0 unspecified atom stereocenters. The van der Waals surface area contributed by atoms with Gasteiger partial charge >= 0.3 is 0 Å². The minimum atomic E-state index is -0.118. The topological polar surface area (TPSA) is 13.1 Å². The first-order valence-electron chi connectivity index (χ1n) is 20.3. The second kappa shape index (κ2) is 12.4. The first-order chi connectivity index (χ1) is 28.5. The molecule has 0 spiro atoms. The Morgan fingerprint density at radius 3 is 1.48 bits per heavy atom. The van der Waals surface area contributed by atoms with Gasteiger partial charge in [0.05, 0.1) is 0 Å². The molecule has 0 bridgehead atoms. The molecule has 0 fully saturated rings. The SMILES string of the molecule is CC1(C)c2ccc3ccccc3c2-c2cccc(-c3ccc(-c4c5ccccc5c(-c5ccc(-c6ccc7oc8ccccc8c7c6)cc5)c5ccccc45)cc3)c21. The molecule has 0 radical (unpaired) electrons. The Kier molecular flexibility index (Phi) is 7.04. The van der Waals surface area contributed by atoms with Crippen molar-refractivity contribution in [2.75, 3.05) is 0 Å². The van der Waals surface area contributed by atoms with Crippen LogP contribution in [0.25, 0.3) is 110 Å². The van der Waals surface area contributed by atoms with Crippen molar-refractivity contribution in [3.63, 3.8) is 0 Å². The summed E-state index contributed by atoms with van der Waals surface area (Å²) in [5, 5.41) is 9.95. The number of hydrogen-bond donors (Lipinski definition) is 0.